The van der Waals surface area contributed by atoms with Gasteiger partial charge in [-0.3, -0.25) is 0 Å². The summed E-state index contributed by atoms with van der Waals surface area (Å²) in [5, 5.41) is 17.3. The van der Waals surface area contributed by atoms with E-state index in [1.807, 2.05) is 0 Å². The van der Waals surface area contributed by atoms with Crippen LogP contribution in [0.3, 0.4) is 0 Å². The molecule has 9 heavy (non-hydrogen) atoms. The predicted octanol–water partition coefficient (Wildman–Crippen LogP) is 1.10. The molecule has 0 bridgehead atoms. The fourth-order valence-electron chi connectivity index (χ4n) is 0.453. The van der Waals surface area contributed by atoms with Crippen molar-refractivity contribution in [3.8, 4) is 11.5 Å². The van der Waals surface area contributed by atoms with Crippen LogP contribution in [0.5, 0.6) is 11.5 Å². The Labute approximate surface area is 65.9 Å². The number of hydrogen-bond acceptors (Lipinski definition) is 2. The van der Waals surface area contributed by atoms with Crippen LogP contribution in [-0.2, 0) is 19.5 Å². The minimum atomic E-state index is 0. The molecule has 0 heterocycles. The summed E-state index contributed by atoms with van der Waals surface area (Å²) in [5.74, 6) is 0.339. The molecule has 2 nitrogen and oxygen atoms in total. The monoisotopic (exact) mass is 174 g/mol. The molecule has 3 heteroatoms. The minimum Gasteiger partial charge on any atom is -0.508 e. The van der Waals surface area contributed by atoms with E-state index < -0.39 is 0 Å². The number of aromatic hydroxyl groups is 2. The van der Waals surface area contributed by atoms with Gasteiger partial charge in [-0.15, -0.1) is 0 Å². The van der Waals surface area contributed by atoms with Crippen molar-refractivity contribution in [1.82, 2.24) is 0 Å². The van der Waals surface area contributed by atoms with Gasteiger partial charge in [0.25, 0.3) is 0 Å². The second-order valence-corrected chi connectivity index (χ2v) is 1.52. The Morgan fingerprint density at radius 2 is 1.00 bits per heavy atom. The predicted molar refractivity (Wildman–Crippen MR) is 29.8 cm³/mol. The first-order valence-corrected chi connectivity index (χ1v) is 2.27. The van der Waals surface area contributed by atoms with E-state index in [1.54, 1.807) is 0 Å². The number of hydrogen-bond donors (Lipinski definition) is 2. The van der Waals surface area contributed by atoms with Gasteiger partial charge in [0, 0.05) is 19.5 Å². The third-order valence-electron chi connectivity index (χ3n) is 0.850. The van der Waals surface area contributed by atoms with E-state index in [1.165, 1.54) is 24.3 Å². The van der Waals surface area contributed by atoms with Crippen molar-refractivity contribution < 1.29 is 29.7 Å². The molecular formula is C6H6O2Zn. The van der Waals surface area contributed by atoms with Crippen molar-refractivity contribution in [2.24, 2.45) is 0 Å². The molecule has 1 rings (SSSR count). The Hall–Kier alpha value is -0.557. The average Bonchev–Trinajstić information content (AvgIpc) is 1.77. The summed E-state index contributed by atoms with van der Waals surface area (Å²) in [6.07, 6.45) is 0. The van der Waals surface area contributed by atoms with Crippen molar-refractivity contribution in [3.05, 3.63) is 24.3 Å². The molecule has 0 saturated carbocycles. The third-order valence-corrected chi connectivity index (χ3v) is 0.850. The largest absolute Gasteiger partial charge is 0.508 e. The van der Waals surface area contributed by atoms with Gasteiger partial charge in [-0.2, -0.15) is 0 Å². The number of phenolic OH excluding ortho intramolecular Hbond substituents is 2. The fraction of sp³-hybridized carbons (Fsp3) is 0. The van der Waals surface area contributed by atoms with Gasteiger partial charge in [-0.05, 0) is 24.3 Å². The maximum Gasteiger partial charge on any atom is 0.115 e. The van der Waals surface area contributed by atoms with Crippen LogP contribution < -0.4 is 0 Å². The summed E-state index contributed by atoms with van der Waals surface area (Å²) in [6.45, 7) is 0. The quantitative estimate of drug-likeness (QED) is 0.458. The van der Waals surface area contributed by atoms with E-state index in [0.717, 1.165) is 0 Å². The Kier molecular flexibility index (Phi) is 3.25. The van der Waals surface area contributed by atoms with Gasteiger partial charge in [0.15, 0.2) is 0 Å². The van der Waals surface area contributed by atoms with Crippen LogP contribution in [-0.4, -0.2) is 10.2 Å². The molecule has 0 fully saturated rings. The van der Waals surface area contributed by atoms with Gasteiger partial charge in [-0.25, -0.2) is 0 Å². The SMILES string of the molecule is Oc1ccc(O)cc1.[Zn]. The Balaban J connectivity index is 0.000000640. The van der Waals surface area contributed by atoms with Crippen molar-refractivity contribution >= 4 is 0 Å². The van der Waals surface area contributed by atoms with Crippen molar-refractivity contribution in [1.29, 1.82) is 0 Å². The average molecular weight is 176 g/mol. The van der Waals surface area contributed by atoms with Crippen molar-refractivity contribution in [2.75, 3.05) is 0 Å². The van der Waals surface area contributed by atoms with Crippen molar-refractivity contribution in [2.45, 2.75) is 0 Å². The fourth-order valence-corrected chi connectivity index (χ4v) is 0.453. The molecule has 44 valence electrons. The van der Waals surface area contributed by atoms with Gasteiger partial charge in [0.05, 0.1) is 0 Å². The number of phenols is 2. The topological polar surface area (TPSA) is 40.5 Å². The Morgan fingerprint density at radius 1 is 0.778 bits per heavy atom. The molecule has 0 amide bonds. The standard InChI is InChI=1S/C6H6O2.Zn/c7-5-1-2-6(8)4-3-5;/h1-4,7-8H;. The molecule has 1 aromatic carbocycles. The van der Waals surface area contributed by atoms with Gasteiger partial charge in [0.1, 0.15) is 11.5 Å². The van der Waals surface area contributed by atoms with E-state index >= 15 is 0 Å². The smallest absolute Gasteiger partial charge is 0.115 e. The van der Waals surface area contributed by atoms with Crippen LogP contribution >= 0.6 is 0 Å². The van der Waals surface area contributed by atoms with E-state index in [0.29, 0.717) is 0 Å². The van der Waals surface area contributed by atoms with Crippen LogP contribution in [0.1, 0.15) is 0 Å². The second-order valence-electron chi connectivity index (χ2n) is 1.52. The zero-order valence-electron chi connectivity index (χ0n) is 4.91. The Bertz CT molecular complexity index is 150. The molecular weight excluding hydrogens is 169 g/mol. The summed E-state index contributed by atoms with van der Waals surface area (Å²) in [4.78, 5) is 0. The Morgan fingerprint density at radius 3 is 1.22 bits per heavy atom. The first-order chi connectivity index (χ1) is 3.79. The van der Waals surface area contributed by atoms with E-state index in [9.17, 15) is 0 Å². The van der Waals surface area contributed by atoms with E-state index in [-0.39, 0.29) is 31.0 Å². The molecule has 0 aliphatic carbocycles. The van der Waals surface area contributed by atoms with Crippen LogP contribution in [0.25, 0.3) is 0 Å². The van der Waals surface area contributed by atoms with Crippen LogP contribution in [0.4, 0.5) is 0 Å². The molecule has 2 N–H and O–H groups in total. The normalized spacial score (nSPS) is 8.00. The maximum atomic E-state index is 8.65. The van der Waals surface area contributed by atoms with Crippen LogP contribution in [0.15, 0.2) is 24.3 Å². The van der Waals surface area contributed by atoms with Crippen molar-refractivity contribution in [3.63, 3.8) is 0 Å². The zero-order valence-corrected chi connectivity index (χ0v) is 7.88. The molecule has 0 radical (unpaired) electrons. The summed E-state index contributed by atoms with van der Waals surface area (Å²) < 4.78 is 0. The first-order valence-electron chi connectivity index (χ1n) is 2.27. The molecule has 0 spiro atoms. The van der Waals surface area contributed by atoms with Crippen LogP contribution in [0, 0.1) is 0 Å². The summed E-state index contributed by atoms with van der Waals surface area (Å²) in [7, 11) is 0. The van der Waals surface area contributed by atoms with Gasteiger partial charge in [-0.1, -0.05) is 0 Å². The summed E-state index contributed by atoms with van der Waals surface area (Å²) >= 11 is 0. The molecule has 0 atom stereocenters. The number of rotatable bonds is 0. The molecule has 0 aliphatic rings. The van der Waals surface area contributed by atoms with E-state index in [2.05, 4.69) is 0 Å². The molecule has 1 aromatic rings. The maximum absolute atomic E-state index is 8.65. The third kappa shape index (κ3) is 2.47. The van der Waals surface area contributed by atoms with E-state index in [4.69, 9.17) is 10.2 Å². The van der Waals surface area contributed by atoms with Gasteiger partial charge in [0.2, 0.25) is 0 Å². The number of benzene rings is 1. The van der Waals surface area contributed by atoms with Gasteiger partial charge < -0.3 is 10.2 Å². The summed E-state index contributed by atoms with van der Waals surface area (Å²) in [6, 6.07) is 5.70. The second kappa shape index (κ2) is 3.47. The molecule has 0 saturated heterocycles. The van der Waals surface area contributed by atoms with Crippen LogP contribution in [0.2, 0.25) is 0 Å². The summed E-state index contributed by atoms with van der Waals surface area (Å²) in [5.41, 5.74) is 0. The minimum absolute atomic E-state index is 0. The first kappa shape index (κ1) is 8.44. The molecule has 0 unspecified atom stereocenters. The zero-order chi connectivity index (χ0) is 5.98. The van der Waals surface area contributed by atoms with Gasteiger partial charge >= 0.3 is 0 Å². The molecule has 0 aromatic heterocycles. The molecule has 0 aliphatic heterocycles.